The van der Waals surface area contributed by atoms with Crippen molar-refractivity contribution >= 4 is 0 Å². The van der Waals surface area contributed by atoms with E-state index in [9.17, 15) is 5.11 Å². The summed E-state index contributed by atoms with van der Waals surface area (Å²) in [7, 11) is 0. The molecule has 0 radical (unpaired) electrons. The third-order valence-corrected chi connectivity index (χ3v) is 2.74. The fourth-order valence-electron chi connectivity index (χ4n) is 1.74. The standard InChI is InChI=1S/C14H20O/c1-3-5-9-12(4-2)14(15)13-10-7-6-8-11-13/h4,6-8,10-12,14-15H,2-3,5,9H2,1H3/t12-,14+/m0/s1. The van der Waals surface area contributed by atoms with E-state index in [2.05, 4.69) is 13.5 Å². The van der Waals surface area contributed by atoms with Gasteiger partial charge < -0.3 is 5.11 Å². The van der Waals surface area contributed by atoms with Crippen molar-refractivity contribution in [2.45, 2.75) is 32.3 Å². The highest BCUT2D eigenvalue weighted by atomic mass is 16.3. The summed E-state index contributed by atoms with van der Waals surface area (Å²) in [4.78, 5) is 0. The van der Waals surface area contributed by atoms with Crippen LogP contribution in [-0.4, -0.2) is 5.11 Å². The van der Waals surface area contributed by atoms with Crippen LogP contribution < -0.4 is 0 Å². The van der Waals surface area contributed by atoms with E-state index in [1.165, 1.54) is 0 Å². The predicted molar refractivity (Wildman–Crippen MR) is 64.6 cm³/mol. The molecule has 0 aliphatic carbocycles. The first kappa shape index (κ1) is 12.0. The molecular weight excluding hydrogens is 184 g/mol. The lowest BCUT2D eigenvalue weighted by Crippen LogP contribution is -2.10. The molecule has 1 N–H and O–H groups in total. The van der Waals surface area contributed by atoms with Gasteiger partial charge in [-0.25, -0.2) is 0 Å². The van der Waals surface area contributed by atoms with Crippen molar-refractivity contribution in [3.63, 3.8) is 0 Å². The first-order chi connectivity index (χ1) is 7.29. The maximum absolute atomic E-state index is 10.1. The molecule has 0 saturated carbocycles. The molecule has 1 aromatic rings. The molecule has 0 bridgehead atoms. The second kappa shape index (κ2) is 6.41. The quantitative estimate of drug-likeness (QED) is 0.700. The Morgan fingerprint density at radius 2 is 2.00 bits per heavy atom. The first-order valence-electron chi connectivity index (χ1n) is 5.65. The van der Waals surface area contributed by atoms with Crippen LogP contribution in [0.1, 0.15) is 37.9 Å². The van der Waals surface area contributed by atoms with E-state index in [0.717, 1.165) is 24.8 Å². The zero-order valence-electron chi connectivity index (χ0n) is 9.39. The van der Waals surface area contributed by atoms with Gasteiger partial charge in [-0.2, -0.15) is 0 Å². The van der Waals surface area contributed by atoms with Crippen molar-refractivity contribution in [1.82, 2.24) is 0 Å². The Morgan fingerprint density at radius 3 is 2.53 bits per heavy atom. The zero-order chi connectivity index (χ0) is 11.1. The summed E-state index contributed by atoms with van der Waals surface area (Å²) in [5.74, 6) is 0.173. The molecule has 1 rings (SSSR count). The fourth-order valence-corrected chi connectivity index (χ4v) is 1.74. The van der Waals surface area contributed by atoms with E-state index in [4.69, 9.17) is 0 Å². The topological polar surface area (TPSA) is 20.2 Å². The number of aliphatic hydroxyl groups is 1. The zero-order valence-corrected chi connectivity index (χ0v) is 9.39. The lowest BCUT2D eigenvalue weighted by Gasteiger charge is -2.19. The number of aliphatic hydroxyl groups excluding tert-OH is 1. The van der Waals surface area contributed by atoms with Crippen LogP contribution in [0.4, 0.5) is 0 Å². The average molecular weight is 204 g/mol. The van der Waals surface area contributed by atoms with Gasteiger partial charge in [-0.3, -0.25) is 0 Å². The Labute approximate surface area is 92.5 Å². The monoisotopic (exact) mass is 204 g/mol. The molecule has 15 heavy (non-hydrogen) atoms. The van der Waals surface area contributed by atoms with Crippen molar-refractivity contribution in [3.8, 4) is 0 Å². The highest BCUT2D eigenvalue weighted by molar-refractivity contribution is 5.19. The van der Waals surface area contributed by atoms with Gasteiger partial charge in [0.25, 0.3) is 0 Å². The van der Waals surface area contributed by atoms with Gasteiger partial charge in [0.1, 0.15) is 0 Å². The minimum atomic E-state index is -0.407. The maximum atomic E-state index is 10.1. The third kappa shape index (κ3) is 3.52. The molecule has 2 atom stereocenters. The molecule has 0 aromatic heterocycles. The molecule has 0 saturated heterocycles. The molecule has 0 spiro atoms. The Morgan fingerprint density at radius 1 is 1.33 bits per heavy atom. The Hall–Kier alpha value is -1.08. The Bertz CT molecular complexity index is 279. The molecule has 0 fully saturated rings. The molecule has 0 unspecified atom stereocenters. The molecule has 0 amide bonds. The van der Waals surface area contributed by atoms with Crippen LogP contribution in [0.5, 0.6) is 0 Å². The molecule has 1 heteroatoms. The summed E-state index contributed by atoms with van der Waals surface area (Å²) < 4.78 is 0. The SMILES string of the molecule is C=C[C@@H](CCCC)[C@@H](O)c1ccccc1. The molecule has 82 valence electrons. The van der Waals surface area contributed by atoms with Gasteiger partial charge in [0.15, 0.2) is 0 Å². The van der Waals surface area contributed by atoms with Gasteiger partial charge in [0, 0.05) is 5.92 Å². The maximum Gasteiger partial charge on any atom is 0.0852 e. The van der Waals surface area contributed by atoms with Crippen LogP contribution in [-0.2, 0) is 0 Å². The summed E-state index contributed by atoms with van der Waals surface area (Å²) in [6, 6.07) is 9.81. The van der Waals surface area contributed by atoms with E-state index in [1.54, 1.807) is 0 Å². The predicted octanol–water partition coefficient (Wildman–Crippen LogP) is 3.71. The van der Waals surface area contributed by atoms with Crippen LogP contribution >= 0.6 is 0 Å². The number of hydrogen-bond acceptors (Lipinski definition) is 1. The summed E-state index contributed by atoms with van der Waals surface area (Å²) in [5, 5.41) is 10.1. The van der Waals surface area contributed by atoms with Crippen LogP contribution in [0.15, 0.2) is 43.0 Å². The first-order valence-corrected chi connectivity index (χ1v) is 5.65. The molecule has 0 heterocycles. The lowest BCUT2D eigenvalue weighted by molar-refractivity contribution is 0.126. The molecule has 1 aromatic carbocycles. The minimum Gasteiger partial charge on any atom is -0.388 e. The largest absolute Gasteiger partial charge is 0.388 e. The number of rotatable bonds is 6. The molecular formula is C14H20O. The third-order valence-electron chi connectivity index (χ3n) is 2.74. The summed E-state index contributed by atoms with van der Waals surface area (Å²) in [6.45, 7) is 5.96. The van der Waals surface area contributed by atoms with Crippen LogP contribution in [0.3, 0.4) is 0 Å². The molecule has 0 aliphatic rings. The van der Waals surface area contributed by atoms with Crippen molar-refractivity contribution in [2.24, 2.45) is 5.92 Å². The summed E-state index contributed by atoms with van der Waals surface area (Å²) in [6.07, 6.45) is 4.77. The van der Waals surface area contributed by atoms with Gasteiger partial charge in [-0.05, 0) is 12.0 Å². The lowest BCUT2D eigenvalue weighted by atomic mass is 9.91. The average Bonchev–Trinajstić information content (AvgIpc) is 2.31. The highest BCUT2D eigenvalue weighted by Crippen LogP contribution is 2.26. The van der Waals surface area contributed by atoms with Gasteiger partial charge >= 0.3 is 0 Å². The second-order valence-corrected chi connectivity index (χ2v) is 3.90. The normalized spacial score (nSPS) is 14.5. The van der Waals surface area contributed by atoms with E-state index in [-0.39, 0.29) is 5.92 Å². The summed E-state index contributed by atoms with van der Waals surface area (Å²) >= 11 is 0. The van der Waals surface area contributed by atoms with Crippen molar-refractivity contribution in [2.75, 3.05) is 0 Å². The molecule has 0 aliphatic heterocycles. The Balaban J connectivity index is 2.64. The molecule has 1 nitrogen and oxygen atoms in total. The van der Waals surface area contributed by atoms with E-state index in [1.807, 2.05) is 36.4 Å². The van der Waals surface area contributed by atoms with Gasteiger partial charge in [-0.15, -0.1) is 6.58 Å². The number of benzene rings is 1. The smallest absolute Gasteiger partial charge is 0.0852 e. The van der Waals surface area contributed by atoms with E-state index in [0.29, 0.717) is 0 Å². The van der Waals surface area contributed by atoms with Crippen molar-refractivity contribution in [3.05, 3.63) is 48.6 Å². The van der Waals surface area contributed by atoms with Crippen LogP contribution in [0.25, 0.3) is 0 Å². The fraction of sp³-hybridized carbons (Fsp3) is 0.429. The van der Waals surface area contributed by atoms with Gasteiger partial charge in [-0.1, -0.05) is 56.2 Å². The number of hydrogen-bond donors (Lipinski definition) is 1. The Kier molecular flexibility index (Phi) is 5.13. The highest BCUT2D eigenvalue weighted by Gasteiger charge is 2.16. The van der Waals surface area contributed by atoms with Gasteiger partial charge in [0.2, 0.25) is 0 Å². The number of unbranched alkanes of at least 4 members (excludes halogenated alkanes) is 1. The van der Waals surface area contributed by atoms with Crippen LogP contribution in [0, 0.1) is 5.92 Å². The van der Waals surface area contributed by atoms with Crippen molar-refractivity contribution < 1.29 is 5.11 Å². The van der Waals surface area contributed by atoms with Crippen LogP contribution in [0.2, 0.25) is 0 Å². The summed E-state index contributed by atoms with van der Waals surface area (Å²) in [5.41, 5.74) is 0.985. The van der Waals surface area contributed by atoms with E-state index >= 15 is 0 Å². The van der Waals surface area contributed by atoms with E-state index < -0.39 is 6.10 Å². The second-order valence-electron chi connectivity index (χ2n) is 3.90. The van der Waals surface area contributed by atoms with Gasteiger partial charge in [0.05, 0.1) is 6.10 Å². The van der Waals surface area contributed by atoms with Crippen molar-refractivity contribution in [1.29, 1.82) is 0 Å². The minimum absolute atomic E-state index is 0.173.